The van der Waals surface area contributed by atoms with E-state index >= 15 is 0 Å². The number of nitrogens with zero attached hydrogens (tertiary/aromatic N) is 4. The van der Waals surface area contributed by atoms with Gasteiger partial charge in [-0.05, 0) is 43.3 Å². The maximum Gasteiger partial charge on any atom is 0.277 e. The van der Waals surface area contributed by atoms with Gasteiger partial charge in [0.2, 0.25) is 5.88 Å². The van der Waals surface area contributed by atoms with E-state index in [-0.39, 0.29) is 11.6 Å². The van der Waals surface area contributed by atoms with E-state index in [0.717, 1.165) is 5.56 Å². The van der Waals surface area contributed by atoms with Crippen LogP contribution in [0.4, 0.5) is 5.69 Å². The Kier molecular flexibility index (Phi) is 5.38. The van der Waals surface area contributed by atoms with E-state index in [1.807, 2.05) is 66.3 Å². The molecule has 0 spiro atoms. The maximum atomic E-state index is 12.5. The number of benzene rings is 2. The summed E-state index contributed by atoms with van der Waals surface area (Å²) in [7, 11) is 0. The van der Waals surface area contributed by atoms with Gasteiger partial charge in [-0.3, -0.25) is 4.79 Å². The van der Waals surface area contributed by atoms with Gasteiger partial charge in [-0.2, -0.15) is 4.98 Å². The molecule has 0 saturated heterocycles. The molecule has 1 amide bonds. The molecule has 0 bridgehead atoms. The normalized spacial score (nSPS) is 10.7. The first-order chi connectivity index (χ1) is 16.1. The average molecular weight is 437 g/mol. The van der Waals surface area contributed by atoms with E-state index in [9.17, 15) is 4.79 Å². The smallest absolute Gasteiger partial charge is 0.277 e. The number of rotatable bonds is 6. The van der Waals surface area contributed by atoms with Gasteiger partial charge in [-0.1, -0.05) is 35.5 Å². The van der Waals surface area contributed by atoms with Gasteiger partial charge in [0, 0.05) is 35.8 Å². The zero-order chi connectivity index (χ0) is 22.6. The molecule has 0 aliphatic carbocycles. The third kappa shape index (κ3) is 4.64. The molecule has 0 saturated carbocycles. The fraction of sp³-hybridized carbons (Fsp3) is 0.0400. The third-order valence-corrected chi connectivity index (χ3v) is 4.81. The van der Waals surface area contributed by atoms with Gasteiger partial charge in [0.1, 0.15) is 17.4 Å². The lowest BCUT2D eigenvalue weighted by molar-refractivity contribution is 0.101. The van der Waals surface area contributed by atoms with Crippen LogP contribution >= 0.6 is 0 Å². The number of ether oxygens (including phenoxy) is 1. The molecule has 0 aliphatic rings. The van der Waals surface area contributed by atoms with E-state index in [1.54, 1.807) is 36.4 Å². The summed E-state index contributed by atoms with van der Waals surface area (Å²) in [6.45, 7) is 1.81. The van der Waals surface area contributed by atoms with Crippen molar-refractivity contribution in [1.82, 2.24) is 19.7 Å². The molecule has 0 unspecified atom stereocenters. The zero-order valence-corrected chi connectivity index (χ0v) is 17.7. The average Bonchev–Trinajstić information content (AvgIpc) is 3.53. The number of hydrogen-bond acceptors (Lipinski definition) is 6. The minimum atomic E-state index is -0.364. The number of carbonyl (C=O) groups excluding carboxylic acids is 1. The molecule has 33 heavy (non-hydrogen) atoms. The Labute approximate surface area is 189 Å². The number of amides is 1. The fourth-order valence-corrected chi connectivity index (χ4v) is 3.24. The molecule has 0 fully saturated rings. The van der Waals surface area contributed by atoms with E-state index < -0.39 is 0 Å². The van der Waals surface area contributed by atoms with Gasteiger partial charge in [0.15, 0.2) is 11.5 Å². The van der Waals surface area contributed by atoms with Gasteiger partial charge in [-0.15, -0.1) is 0 Å². The summed E-state index contributed by atoms with van der Waals surface area (Å²) in [5.74, 6) is 2.49. The number of aryl methyl sites for hydroxylation is 1. The van der Waals surface area contributed by atoms with Crippen LogP contribution in [0.2, 0.25) is 0 Å². The highest BCUT2D eigenvalue weighted by atomic mass is 16.5. The van der Waals surface area contributed by atoms with Crippen molar-refractivity contribution in [1.29, 1.82) is 0 Å². The summed E-state index contributed by atoms with van der Waals surface area (Å²) in [4.78, 5) is 21.3. The van der Waals surface area contributed by atoms with Crippen LogP contribution in [-0.2, 0) is 0 Å². The van der Waals surface area contributed by atoms with Gasteiger partial charge in [0.25, 0.3) is 5.91 Å². The Hall–Kier alpha value is -4.72. The van der Waals surface area contributed by atoms with Crippen LogP contribution in [0.25, 0.3) is 17.1 Å². The van der Waals surface area contributed by atoms with Gasteiger partial charge in [0.05, 0.1) is 0 Å². The van der Waals surface area contributed by atoms with Gasteiger partial charge >= 0.3 is 0 Å². The molecule has 5 aromatic rings. The number of anilines is 1. The van der Waals surface area contributed by atoms with Crippen LogP contribution in [0, 0.1) is 6.92 Å². The Morgan fingerprint density at radius 3 is 2.45 bits per heavy atom. The molecule has 2 aromatic carbocycles. The second-order valence-electron chi connectivity index (χ2n) is 7.22. The maximum absolute atomic E-state index is 12.5. The zero-order valence-electron chi connectivity index (χ0n) is 17.7. The van der Waals surface area contributed by atoms with Gasteiger partial charge in [-0.25, -0.2) is 4.98 Å². The van der Waals surface area contributed by atoms with Crippen LogP contribution in [0.5, 0.6) is 11.6 Å². The molecule has 162 valence electrons. The second-order valence-corrected chi connectivity index (χ2v) is 7.22. The first-order valence-corrected chi connectivity index (χ1v) is 10.2. The predicted molar refractivity (Wildman–Crippen MR) is 123 cm³/mol. The van der Waals surface area contributed by atoms with Crippen molar-refractivity contribution in [3.8, 4) is 28.8 Å². The highest BCUT2D eigenvalue weighted by molar-refractivity contribution is 6.03. The molecule has 1 N–H and O–H groups in total. The standard InChI is InChI=1S/C25H19N5O3/c1-17-26-23(30-13-5-6-14-30)16-24(27-17)32-20-11-9-19(10-12-20)28-25(31)21-15-22(33-29-21)18-7-3-2-4-8-18/h2-16H,1H3,(H,28,31). The molecule has 0 atom stereocenters. The number of hydrogen-bond donors (Lipinski definition) is 1. The minimum absolute atomic E-state index is 0.197. The molecule has 8 nitrogen and oxygen atoms in total. The summed E-state index contributed by atoms with van der Waals surface area (Å²) >= 11 is 0. The molecule has 8 heteroatoms. The summed E-state index contributed by atoms with van der Waals surface area (Å²) in [6.07, 6.45) is 3.81. The number of aromatic nitrogens is 4. The lowest BCUT2D eigenvalue weighted by Crippen LogP contribution is -2.12. The van der Waals surface area contributed by atoms with Crippen molar-refractivity contribution in [3.05, 3.63) is 103 Å². The molecule has 3 heterocycles. The lowest BCUT2D eigenvalue weighted by atomic mass is 10.1. The van der Waals surface area contributed by atoms with Crippen molar-refractivity contribution in [2.45, 2.75) is 6.92 Å². The quantitative estimate of drug-likeness (QED) is 0.389. The van der Waals surface area contributed by atoms with Crippen LogP contribution in [0.15, 0.2) is 95.8 Å². The monoisotopic (exact) mass is 437 g/mol. The highest BCUT2D eigenvalue weighted by Gasteiger charge is 2.14. The number of nitrogens with one attached hydrogen (secondary N) is 1. The summed E-state index contributed by atoms with van der Waals surface area (Å²) in [5, 5.41) is 6.68. The Bertz CT molecular complexity index is 1380. The van der Waals surface area contributed by atoms with Crippen molar-refractivity contribution >= 4 is 11.6 Å². The molecule has 5 rings (SSSR count). The summed E-state index contributed by atoms with van der Waals surface area (Å²) in [5.41, 5.74) is 1.65. The minimum Gasteiger partial charge on any atom is -0.439 e. The highest BCUT2D eigenvalue weighted by Crippen LogP contribution is 2.24. The third-order valence-electron chi connectivity index (χ3n) is 4.81. The van der Waals surface area contributed by atoms with E-state index in [4.69, 9.17) is 9.26 Å². The Balaban J connectivity index is 1.26. The molecule has 3 aromatic heterocycles. The Morgan fingerprint density at radius 2 is 1.70 bits per heavy atom. The van der Waals surface area contributed by atoms with Crippen LogP contribution < -0.4 is 10.1 Å². The largest absolute Gasteiger partial charge is 0.439 e. The molecular weight excluding hydrogens is 418 g/mol. The topological polar surface area (TPSA) is 95.1 Å². The van der Waals surface area contributed by atoms with Crippen molar-refractivity contribution < 1.29 is 14.1 Å². The SMILES string of the molecule is Cc1nc(Oc2ccc(NC(=O)c3cc(-c4ccccc4)on3)cc2)cc(-n2cccc2)n1. The summed E-state index contributed by atoms with van der Waals surface area (Å²) in [6, 6.07) is 23.7. The molecule has 0 radical (unpaired) electrons. The second kappa shape index (κ2) is 8.80. The van der Waals surface area contributed by atoms with Crippen LogP contribution in [-0.4, -0.2) is 25.6 Å². The van der Waals surface area contributed by atoms with Crippen LogP contribution in [0.3, 0.4) is 0 Å². The predicted octanol–water partition coefficient (Wildman–Crippen LogP) is 5.28. The van der Waals surface area contributed by atoms with E-state index in [0.29, 0.717) is 34.7 Å². The first-order valence-electron chi connectivity index (χ1n) is 10.2. The van der Waals surface area contributed by atoms with Gasteiger partial charge < -0.3 is 19.1 Å². The van der Waals surface area contributed by atoms with E-state index in [2.05, 4.69) is 20.4 Å². The van der Waals surface area contributed by atoms with Crippen LogP contribution in [0.1, 0.15) is 16.3 Å². The number of carbonyl (C=O) groups is 1. The first kappa shape index (κ1) is 20.2. The fourth-order valence-electron chi connectivity index (χ4n) is 3.24. The molecule has 0 aliphatic heterocycles. The lowest BCUT2D eigenvalue weighted by Gasteiger charge is -2.09. The van der Waals surface area contributed by atoms with Crippen molar-refractivity contribution in [3.63, 3.8) is 0 Å². The molecular formula is C25H19N5O3. The van der Waals surface area contributed by atoms with Crippen molar-refractivity contribution in [2.75, 3.05) is 5.32 Å². The van der Waals surface area contributed by atoms with E-state index in [1.165, 1.54) is 0 Å². The Morgan fingerprint density at radius 1 is 0.939 bits per heavy atom. The summed E-state index contributed by atoms with van der Waals surface area (Å²) < 4.78 is 13.1. The van der Waals surface area contributed by atoms with Crippen molar-refractivity contribution in [2.24, 2.45) is 0 Å².